The van der Waals surface area contributed by atoms with E-state index in [-0.39, 0.29) is 23.6 Å². The van der Waals surface area contributed by atoms with Crippen LogP contribution in [0.1, 0.15) is 25.7 Å². The number of anilines is 1. The maximum Gasteiger partial charge on any atom is 0.229 e. The van der Waals surface area contributed by atoms with Crippen molar-refractivity contribution in [3.63, 3.8) is 0 Å². The highest BCUT2D eigenvalue weighted by molar-refractivity contribution is 5.94. The second-order valence-electron chi connectivity index (χ2n) is 5.00. The molecule has 1 aromatic rings. The van der Waals surface area contributed by atoms with E-state index in [1.54, 1.807) is 0 Å². The summed E-state index contributed by atoms with van der Waals surface area (Å²) >= 11 is 0. The highest BCUT2D eigenvalue weighted by Crippen LogP contribution is 2.28. The molecule has 0 radical (unpaired) electrons. The average Bonchev–Trinajstić information content (AvgIpc) is 2.41. The first-order chi connectivity index (χ1) is 8.99. The molecule has 1 aliphatic rings. The number of nitrogens with zero attached hydrogens (tertiary/aromatic N) is 1. The van der Waals surface area contributed by atoms with Gasteiger partial charge in [0.25, 0.3) is 0 Å². The zero-order valence-electron chi connectivity index (χ0n) is 10.8. The molecule has 104 valence electrons. The number of rotatable bonds is 2. The molecule has 1 fully saturated rings. The van der Waals surface area contributed by atoms with E-state index in [0.717, 1.165) is 18.2 Å². The summed E-state index contributed by atoms with van der Waals surface area (Å²) in [6, 6.07) is 3.05. The van der Waals surface area contributed by atoms with E-state index in [4.69, 9.17) is 0 Å². The zero-order chi connectivity index (χ0) is 14.0. The summed E-state index contributed by atoms with van der Waals surface area (Å²) in [6.45, 7) is 0. The number of benzene rings is 1. The maximum absolute atomic E-state index is 13.6. The minimum Gasteiger partial charge on any atom is -0.393 e. The minimum atomic E-state index is -0.618. The van der Waals surface area contributed by atoms with Crippen LogP contribution >= 0.6 is 0 Å². The Balaban J connectivity index is 2.12. The SMILES string of the molecule is CN(C(=O)C1CCC(O)CC1)c1cc(F)ccc1F. The van der Waals surface area contributed by atoms with Crippen LogP contribution in [0.25, 0.3) is 0 Å². The molecule has 1 N–H and O–H groups in total. The molecule has 2 rings (SSSR count). The highest BCUT2D eigenvalue weighted by atomic mass is 19.1. The fraction of sp³-hybridized carbons (Fsp3) is 0.500. The van der Waals surface area contributed by atoms with Crippen LogP contribution in [0.2, 0.25) is 0 Å². The standard InChI is InChI=1S/C14H17F2NO2/c1-17(13-8-10(15)4-7-12(13)16)14(19)9-2-5-11(18)6-3-9/h4,7-9,11,18H,2-3,5-6H2,1H3. The smallest absolute Gasteiger partial charge is 0.229 e. The Kier molecular flexibility index (Phi) is 4.14. The summed E-state index contributed by atoms with van der Waals surface area (Å²) in [5.74, 6) is -1.64. The van der Waals surface area contributed by atoms with Gasteiger partial charge in [-0.05, 0) is 37.8 Å². The fourth-order valence-electron chi connectivity index (χ4n) is 2.46. The summed E-state index contributed by atoms with van der Waals surface area (Å²) in [6.07, 6.45) is 1.98. The Morgan fingerprint density at radius 2 is 1.89 bits per heavy atom. The number of hydrogen-bond acceptors (Lipinski definition) is 2. The van der Waals surface area contributed by atoms with E-state index in [1.807, 2.05) is 0 Å². The van der Waals surface area contributed by atoms with Gasteiger partial charge in [0.15, 0.2) is 0 Å². The lowest BCUT2D eigenvalue weighted by Gasteiger charge is -2.28. The number of aliphatic hydroxyl groups is 1. The Bertz CT molecular complexity index is 471. The molecule has 1 aliphatic carbocycles. The topological polar surface area (TPSA) is 40.5 Å². The molecule has 0 saturated heterocycles. The monoisotopic (exact) mass is 269 g/mol. The third-order valence-electron chi connectivity index (χ3n) is 3.65. The summed E-state index contributed by atoms with van der Waals surface area (Å²) in [5.41, 5.74) is -0.0453. The van der Waals surface area contributed by atoms with Crippen LogP contribution in [0.15, 0.2) is 18.2 Å². The Morgan fingerprint density at radius 1 is 1.26 bits per heavy atom. The van der Waals surface area contributed by atoms with E-state index < -0.39 is 11.6 Å². The van der Waals surface area contributed by atoms with Crippen molar-refractivity contribution in [1.29, 1.82) is 0 Å². The van der Waals surface area contributed by atoms with Crippen LogP contribution in [0.5, 0.6) is 0 Å². The number of carbonyl (C=O) groups excluding carboxylic acids is 1. The van der Waals surface area contributed by atoms with Gasteiger partial charge >= 0.3 is 0 Å². The highest BCUT2D eigenvalue weighted by Gasteiger charge is 2.28. The first-order valence-electron chi connectivity index (χ1n) is 6.39. The van der Waals surface area contributed by atoms with Gasteiger partial charge in [0.1, 0.15) is 11.6 Å². The Morgan fingerprint density at radius 3 is 2.53 bits per heavy atom. The van der Waals surface area contributed by atoms with Crippen LogP contribution in [0.4, 0.5) is 14.5 Å². The molecule has 5 heteroatoms. The number of halogens is 2. The fourth-order valence-corrected chi connectivity index (χ4v) is 2.46. The van der Waals surface area contributed by atoms with Gasteiger partial charge in [-0.1, -0.05) is 0 Å². The predicted molar refractivity (Wildman–Crippen MR) is 67.7 cm³/mol. The van der Waals surface area contributed by atoms with Crippen LogP contribution in [-0.4, -0.2) is 24.2 Å². The molecule has 0 heterocycles. The molecule has 0 spiro atoms. The van der Waals surface area contributed by atoms with Crippen molar-refractivity contribution < 1.29 is 18.7 Å². The lowest BCUT2D eigenvalue weighted by Crippen LogP contribution is -2.36. The summed E-state index contributed by atoms with van der Waals surface area (Å²) in [5, 5.41) is 9.41. The van der Waals surface area contributed by atoms with E-state index in [1.165, 1.54) is 11.9 Å². The van der Waals surface area contributed by atoms with Crippen molar-refractivity contribution in [2.45, 2.75) is 31.8 Å². The lowest BCUT2D eigenvalue weighted by molar-refractivity contribution is -0.123. The molecule has 0 unspecified atom stereocenters. The summed E-state index contributed by atoms with van der Waals surface area (Å²) in [4.78, 5) is 13.4. The summed E-state index contributed by atoms with van der Waals surface area (Å²) < 4.78 is 26.7. The second kappa shape index (κ2) is 5.65. The molecule has 1 amide bonds. The molecule has 0 aromatic heterocycles. The van der Waals surface area contributed by atoms with Crippen molar-refractivity contribution in [3.8, 4) is 0 Å². The van der Waals surface area contributed by atoms with Crippen molar-refractivity contribution >= 4 is 11.6 Å². The van der Waals surface area contributed by atoms with Crippen LogP contribution < -0.4 is 4.90 Å². The largest absolute Gasteiger partial charge is 0.393 e. The van der Waals surface area contributed by atoms with E-state index in [9.17, 15) is 18.7 Å². The number of amides is 1. The maximum atomic E-state index is 13.6. The van der Waals surface area contributed by atoms with Crippen molar-refractivity contribution in [1.82, 2.24) is 0 Å². The Labute approximate surface area is 110 Å². The Hall–Kier alpha value is -1.49. The number of hydrogen-bond donors (Lipinski definition) is 1. The normalized spacial score (nSPS) is 23.2. The van der Waals surface area contributed by atoms with Crippen LogP contribution in [-0.2, 0) is 4.79 Å². The van der Waals surface area contributed by atoms with Gasteiger partial charge in [-0.2, -0.15) is 0 Å². The quantitative estimate of drug-likeness (QED) is 0.896. The van der Waals surface area contributed by atoms with Gasteiger partial charge in [-0.25, -0.2) is 8.78 Å². The third kappa shape index (κ3) is 3.10. The van der Waals surface area contributed by atoms with E-state index in [2.05, 4.69) is 0 Å². The molecule has 0 bridgehead atoms. The number of aliphatic hydroxyl groups excluding tert-OH is 1. The van der Waals surface area contributed by atoms with Gasteiger partial charge in [0.2, 0.25) is 5.91 Å². The van der Waals surface area contributed by atoms with Gasteiger partial charge in [-0.15, -0.1) is 0 Å². The van der Waals surface area contributed by atoms with Crippen LogP contribution in [0.3, 0.4) is 0 Å². The molecule has 3 nitrogen and oxygen atoms in total. The van der Waals surface area contributed by atoms with Gasteiger partial charge in [-0.3, -0.25) is 4.79 Å². The van der Waals surface area contributed by atoms with Crippen molar-refractivity contribution in [2.24, 2.45) is 5.92 Å². The van der Waals surface area contributed by atoms with Crippen molar-refractivity contribution in [3.05, 3.63) is 29.8 Å². The molecular weight excluding hydrogens is 252 g/mol. The lowest BCUT2D eigenvalue weighted by atomic mass is 9.86. The van der Waals surface area contributed by atoms with E-state index >= 15 is 0 Å². The summed E-state index contributed by atoms with van der Waals surface area (Å²) in [7, 11) is 1.45. The molecule has 1 saturated carbocycles. The molecule has 1 aromatic carbocycles. The molecule has 19 heavy (non-hydrogen) atoms. The van der Waals surface area contributed by atoms with Gasteiger partial charge < -0.3 is 10.0 Å². The van der Waals surface area contributed by atoms with Crippen molar-refractivity contribution in [2.75, 3.05) is 11.9 Å². The first-order valence-corrected chi connectivity index (χ1v) is 6.39. The van der Waals surface area contributed by atoms with Gasteiger partial charge in [0, 0.05) is 19.0 Å². The zero-order valence-corrected chi connectivity index (χ0v) is 10.8. The molecule has 0 atom stereocenters. The van der Waals surface area contributed by atoms with Crippen LogP contribution in [0, 0.1) is 17.6 Å². The average molecular weight is 269 g/mol. The second-order valence-corrected chi connectivity index (χ2v) is 5.00. The van der Waals surface area contributed by atoms with Gasteiger partial charge in [0.05, 0.1) is 11.8 Å². The molecular formula is C14H17F2NO2. The minimum absolute atomic E-state index is 0.0453. The number of carbonyl (C=O) groups is 1. The third-order valence-corrected chi connectivity index (χ3v) is 3.65. The van der Waals surface area contributed by atoms with E-state index in [0.29, 0.717) is 25.7 Å². The molecule has 0 aliphatic heterocycles. The predicted octanol–water partition coefficient (Wildman–Crippen LogP) is 2.48. The first kappa shape index (κ1) is 13.9.